The van der Waals surface area contributed by atoms with Crippen LogP contribution in [0.2, 0.25) is 0 Å². The Kier molecular flexibility index (Phi) is 5.82. The molecule has 0 aromatic rings. The first-order valence-electron chi connectivity index (χ1n) is 4.46. The quantitative estimate of drug-likeness (QED) is 0.442. The Balaban J connectivity index is 3.79. The van der Waals surface area contributed by atoms with E-state index in [1.165, 1.54) is 0 Å². The van der Waals surface area contributed by atoms with Gasteiger partial charge in [0.15, 0.2) is 0 Å². The monoisotopic (exact) mass is 176 g/mol. The molecule has 0 amide bonds. The molecule has 0 aromatic heterocycles. The fourth-order valence-electron chi connectivity index (χ4n) is 1.25. The van der Waals surface area contributed by atoms with Crippen LogP contribution in [0.1, 0.15) is 33.6 Å². The van der Waals surface area contributed by atoms with Crippen LogP contribution in [0, 0.1) is 0 Å². The second-order valence-corrected chi connectivity index (χ2v) is 4.27. The smallest absolute Gasteiger partial charge is 0.141 e. The standard InChI is InChI=1S/C8H20O2Si/c1-4-7-8(11,9-5-2)10-6-3/h4-7H2,1-3,11H3. The maximum absolute atomic E-state index is 5.55. The summed E-state index contributed by atoms with van der Waals surface area (Å²) in [7, 11) is 0.953. The van der Waals surface area contributed by atoms with Crippen molar-refractivity contribution in [3.63, 3.8) is 0 Å². The highest BCUT2D eigenvalue weighted by Crippen LogP contribution is 2.15. The summed E-state index contributed by atoms with van der Waals surface area (Å²) in [6.45, 7) is 7.69. The summed E-state index contributed by atoms with van der Waals surface area (Å²) < 4.78 is 11.1. The summed E-state index contributed by atoms with van der Waals surface area (Å²) in [4.78, 5) is 0. The van der Waals surface area contributed by atoms with Crippen LogP contribution in [0.25, 0.3) is 0 Å². The molecule has 11 heavy (non-hydrogen) atoms. The average Bonchev–Trinajstić information content (AvgIpc) is 1.88. The van der Waals surface area contributed by atoms with Gasteiger partial charge in [0.1, 0.15) is 5.41 Å². The normalized spacial score (nSPS) is 12.3. The van der Waals surface area contributed by atoms with Gasteiger partial charge in [-0.2, -0.15) is 0 Å². The van der Waals surface area contributed by atoms with Crippen LogP contribution in [0.3, 0.4) is 0 Å². The van der Waals surface area contributed by atoms with Crippen LogP contribution < -0.4 is 0 Å². The van der Waals surface area contributed by atoms with Gasteiger partial charge in [0.2, 0.25) is 0 Å². The molecule has 3 heteroatoms. The molecule has 0 aliphatic heterocycles. The van der Waals surface area contributed by atoms with Crippen LogP contribution >= 0.6 is 0 Å². The first kappa shape index (κ1) is 11.1. The molecule has 0 aromatic carbocycles. The lowest BCUT2D eigenvalue weighted by Gasteiger charge is -2.29. The van der Waals surface area contributed by atoms with Gasteiger partial charge in [0.25, 0.3) is 0 Å². The van der Waals surface area contributed by atoms with E-state index in [0.717, 1.165) is 36.3 Å². The number of rotatable bonds is 6. The molecule has 0 rings (SSSR count). The van der Waals surface area contributed by atoms with E-state index in [1.54, 1.807) is 0 Å². The van der Waals surface area contributed by atoms with Crippen molar-refractivity contribution in [2.75, 3.05) is 13.2 Å². The van der Waals surface area contributed by atoms with Crippen LogP contribution in [0.4, 0.5) is 0 Å². The van der Waals surface area contributed by atoms with Crippen LogP contribution in [0.5, 0.6) is 0 Å². The molecular formula is C8H20O2Si. The van der Waals surface area contributed by atoms with Crippen molar-refractivity contribution < 1.29 is 9.47 Å². The topological polar surface area (TPSA) is 18.5 Å². The molecule has 2 nitrogen and oxygen atoms in total. The minimum Gasteiger partial charge on any atom is -0.355 e. The summed E-state index contributed by atoms with van der Waals surface area (Å²) in [5.41, 5.74) is -0.210. The lowest BCUT2D eigenvalue weighted by molar-refractivity contribution is -0.176. The first-order valence-corrected chi connectivity index (χ1v) is 5.46. The molecular weight excluding hydrogens is 156 g/mol. The van der Waals surface area contributed by atoms with Crippen molar-refractivity contribution in [1.29, 1.82) is 0 Å². The van der Waals surface area contributed by atoms with Gasteiger partial charge < -0.3 is 9.47 Å². The Hall–Kier alpha value is 0.137. The fraction of sp³-hybridized carbons (Fsp3) is 1.00. The average molecular weight is 176 g/mol. The van der Waals surface area contributed by atoms with Crippen molar-refractivity contribution in [2.45, 2.75) is 39.0 Å². The highest BCUT2D eigenvalue weighted by Gasteiger charge is 2.22. The van der Waals surface area contributed by atoms with E-state index in [2.05, 4.69) is 6.92 Å². The summed E-state index contributed by atoms with van der Waals surface area (Å²) in [5, 5.41) is 0. The van der Waals surface area contributed by atoms with Crippen molar-refractivity contribution in [2.24, 2.45) is 0 Å². The van der Waals surface area contributed by atoms with Gasteiger partial charge in [-0.15, -0.1) is 0 Å². The second kappa shape index (κ2) is 5.74. The van der Waals surface area contributed by atoms with E-state index in [1.807, 2.05) is 13.8 Å². The molecule has 0 aliphatic rings. The van der Waals surface area contributed by atoms with E-state index in [9.17, 15) is 0 Å². The third kappa shape index (κ3) is 4.56. The van der Waals surface area contributed by atoms with Gasteiger partial charge in [0.05, 0.1) is 10.2 Å². The van der Waals surface area contributed by atoms with Crippen LogP contribution in [-0.2, 0) is 9.47 Å². The Labute approximate surface area is 72.7 Å². The SMILES string of the molecule is CCCC([SiH3])(OCC)OCC. The molecule has 68 valence electrons. The molecule has 0 heterocycles. The number of hydrogen-bond donors (Lipinski definition) is 0. The summed E-state index contributed by atoms with van der Waals surface area (Å²) in [6, 6.07) is 0. The van der Waals surface area contributed by atoms with Gasteiger partial charge in [-0.25, -0.2) is 0 Å². The van der Waals surface area contributed by atoms with Gasteiger partial charge in [-0.3, -0.25) is 0 Å². The molecule has 0 spiro atoms. The fourth-order valence-corrected chi connectivity index (χ4v) is 2.33. The molecule has 0 radical (unpaired) electrons. The molecule has 0 saturated carbocycles. The zero-order valence-electron chi connectivity index (χ0n) is 8.14. The molecule has 0 saturated heterocycles. The van der Waals surface area contributed by atoms with Gasteiger partial charge in [-0.1, -0.05) is 13.3 Å². The maximum Gasteiger partial charge on any atom is 0.141 e. The van der Waals surface area contributed by atoms with Crippen LogP contribution in [0.15, 0.2) is 0 Å². The van der Waals surface area contributed by atoms with Crippen molar-refractivity contribution in [1.82, 2.24) is 0 Å². The highest BCUT2D eigenvalue weighted by molar-refractivity contribution is 6.13. The second-order valence-electron chi connectivity index (χ2n) is 2.75. The third-order valence-corrected chi connectivity index (χ3v) is 2.68. The lowest BCUT2D eigenvalue weighted by Crippen LogP contribution is -2.36. The molecule has 0 bridgehead atoms. The molecule has 0 fully saturated rings. The van der Waals surface area contributed by atoms with E-state index < -0.39 is 0 Å². The van der Waals surface area contributed by atoms with Crippen molar-refractivity contribution in [3.8, 4) is 0 Å². The van der Waals surface area contributed by atoms with Crippen molar-refractivity contribution in [3.05, 3.63) is 0 Å². The maximum atomic E-state index is 5.55. The Morgan fingerprint density at radius 2 is 1.55 bits per heavy atom. The Morgan fingerprint density at radius 3 is 1.82 bits per heavy atom. The minimum absolute atomic E-state index is 0.210. The number of hydrogen-bond acceptors (Lipinski definition) is 2. The van der Waals surface area contributed by atoms with Crippen molar-refractivity contribution >= 4 is 10.2 Å². The first-order chi connectivity index (χ1) is 5.18. The Morgan fingerprint density at radius 1 is 1.09 bits per heavy atom. The zero-order valence-corrected chi connectivity index (χ0v) is 10.1. The van der Waals surface area contributed by atoms with E-state index in [-0.39, 0.29) is 5.41 Å². The zero-order chi connectivity index (χ0) is 8.74. The molecule has 0 atom stereocenters. The van der Waals surface area contributed by atoms with Gasteiger partial charge >= 0.3 is 0 Å². The molecule has 0 N–H and O–H groups in total. The lowest BCUT2D eigenvalue weighted by atomic mass is 10.3. The summed E-state index contributed by atoms with van der Waals surface area (Å²) in [5.74, 6) is 0. The summed E-state index contributed by atoms with van der Waals surface area (Å²) in [6.07, 6.45) is 2.16. The van der Waals surface area contributed by atoms with E-state index in [0.29, 0.717) is 0 Å². The van der Waals surface area contributed by atoms with E-state index in [4.69, 9.17) is 9.47 Å². The van der Waals surface area contributed by atoms with E-state index >= 15 is 0 Å². The number of ether oxygens (including phenoxy) is 2. The third-order valence-electron chi connectivity index (χ3n) is 1.60. The largest absolute Gasteiger partial charge is 0.355 e. The summed E-state index contributed by atoms with van der Waals surface area (Å²) >= 11 is 0. The highest BCUT2D eigenvalue weighted by atomic mass is 28.1. The molecule has 0 aliphatic carbocycles. The van der Waals surface area contributed by atoms with Gasteiger partial charge in [-0.05, 0) is 20.3 Å². The van der Waals surface area contributed by atoms with Crippen LogP contribution in [-0.4, -0.2) is 28.9 Å². The predicted molar refractivity (Wildman–Crippen MR) is 50.8 cm³/mol. The Bertz CT molecular complexity index is 79.1. The minimum atomic E-state index is -0.210. The molecule has 0 unspecified atom stereocenters. The predicted octanol–water partition coefficient (Wildman–Crippen LogP) is 0.879. The van der Waals surface area contributed by atoms with Gasteiger partial charge in [0, 0.05) is 13.2 Å².